The third kappa shape index (κ3) is 41.4. The summed E-state index contributed by atoms with van der Waals surface area (Å²) in [5.74, 6) is -1.47. The maximum absolute atomic E-state index is 12.8. The van der Waals surface area contributed by atoms with Crippen molar-refractivity contribution >= 4 is 17.9 Å². The average Bonchev–Trinajstić information content (AvgIpc) is 3.21. The van der Waals surface area contributed by atoms with Crippen LogP contribution in [-0.4, -0.2) is 80.6 Å². The van der Waals surface area contributed by atoms with Gasteiger partial charge in [-0.3, -0.25) is 9.59 Å². The Morgan fingerprint density at radius 3 is 1.22 bits per heavy atom. The standard InChI is InChI=1S/C52H99NO7/c1-6-8-10-12-14-16-18-20-22-23-24-25-26-27-28-29-31-33-35-37-39-41-43-51(55)60-48(46-58-45-44-49(52(56)57)53(3,4)5)47-59-50(54)42-40-38-36-34-32-30-21-19-17-15-13-11-9-7-2/h30,32,48-49H,6-29,31,33-47H2,1-5H3/p+1/b32-30+. The van der Waals surface area contributed by atoms with E-state index in [-0.39, 0.29) is 36.2 Å². The second-order valence-electron chi connectivity index (χ2n) is 18.8. The number of hydrogen-bond donors (Lipinski definition) is 1. The van der Waals surface area contributed by atoms with Crippen LogP contribution in [0.5, 0.6) is 0 Å². The second kappa shape index (κ2) is 43.7. The zero-order valence-corrected chi connectivity index (χ0v) is 40.4. The summed E-state index contributed by atoms with van der Waals surface area (Å²) in [5.41, 5.74) is 0. The van der Waals surface area contributed by atoms with Crippen LogP contribution in [0.3, 0.4) is 0 Å². The van der Waals surface area contributed by atoms with Gasteiger partial charge in [-0.25, -0.2) is 4.79 Å². The monoisotopic (exact) mass is 851 g/mol. The third-order valence-electron chi connectivity index (χ3n) is 11.9. The van der Waals surface area contributed by atoms with E-state index < -0.39 is 18.1 Å². The van der Waals surface area contributed by atoms with Crippen molar-refractivity contribution in [1.82, 2.24) is 0 Å². The van der Waals surface area contributed by atoms with Gasteiger partial charge in [0.15, 0.2) is 12.1 Å². The molecule has 0 amide bonds. The van der Waals surface area contributed by atoms with Crippen molar-refractivity contribution in [1.29, 1.82) is 0 Å². The number of likely N-dealkylation sites (N-methyl/N-ethyl adjacent to an activating group) is 1. The van der Waals surface area contributed by atoms with E-state index >= 15 is 0 Å². The van der Waals surface area contributed by atoms with Crippen LogP contribution < -0.4 is 0 Å². The maximum atomic E-state index is 12.8. The summed E-state index contributed by atoms with van der Waals surface area (Å²) in [7, 11) is 5.54. The number of hydrogen-bond acceptors (Lipinski definition) is 6. The van der Waals surface area contributed by atoms with Crippen LogP contribution in [-0.2, 0) is 28.6 Å². The molecule has 0 aromatic carbocycles. The van der Waals surface area contributed by atoms with Gasteiger partial charge in [0.2, 0.25) is 0 Å². The third-order valence-corrected chi connectivity index (χ3v) is 11.9. The molecule has 2 unspecified atom stereocenters. The lowest BCUT2D eigenvalue weighted by atomic mass is 10.0. The van der Waals surface area contributed by atoms with Gasteiger partial charge in [-0.15, -0.1) is 0 Å². The molecule has 0 aromatic heterocycles. The average molecular weight is 851 g/mol. The Labute approximate surface area is 371 Å². The largest absolute Gasteiger partial charge is 0.477 e. The van der Waals surface area contributed by atoms with Crippen molar-refractivity contribution in [2.75, 3.05) is 41.0 Å². The van der Waals surface area contributed by atoms with Gasteiger partial charge in [-0.1, -0.05) is 206 Å². The van der Waals surface area contributed by atoms with Gasteiger partial charge in [0.05, 0.1) is 34.4 Å². The van der Waals surface area contributed by atoms with Crippen molar-refractivity contribution in [3.63, 3.8) is 0 Å². The number of carbonyl (C=O) groups excluding carboxylic acids is 2. The lowest BCUT2D eigenvalue weighted by molar-refractivity contribution is -0.887. The smallest absolute Gasteiger partial charge is 0.362 e. The predicted octanol–water partition coefficient (Wildman–Crippen LogP) is 14.6. The Bertz CT molecular complexity index is 993. The number of ether oxygens (including phenoxy) is 3. The molecule has 0 saturated carbocycles. The molecular formula is C52H100NO7+. The highest BCUT2D eigenvalue weighted by atomic mass is 16.6. The summed E-state index contributed by atoms with van der Waals surface area (Å²) in [6, 6.07) is -0.613. The lowest BCUT2D eigenvalue weighted by Gasteiger charge is -2.31. The molecule has 0 aliphatic heterocycles. The fourth-order valence-corrected chi connectivity index (χ4v) is 7.91. The van der Waals surface area contributed by atoms with E-state index in [2.05, 4.69) is 26.0 Å². The SMILES string of the molecule is CCCCCCCCC/C=C/CCCCCC(=O)OCC(COCCC(C(=O)O)[N+](C)(C)C)OC(=O)CCCCCCCCCCCCCCCCCCCCCCCC. The van der Waals surface area contributed by atoms with E-state index in [0.717, 1.165) is 51.4 Å². The molecule has 0 aromatic rings. The maximum Gasteiger partial charge on any atom is 0.362 e. The molecule has 8 nitrogen and oxygen atoms in total. The molecule has 8 heteroatoms. The summed E-state index contributed by atoms with van der Waals surface area (Å²) < 4.78 is 17.3. The van der Waals surface area contributed by atoms with Gasteiger partial charge in [-0.2, -0.15) is 0 Å². The number of carboxylic acid groups (broad SMARTS) is 1. The van der Waals surface area contributed by atoms with E-state index in [9.17, 15) is 19.5 Å². The predicted molar refractivity (Wildman–Crippen MR) is 252 cm³/mol. The topological polar surface area (TPSA) is 99.1 Å². The minimum atomic E-state index is -0.872. The highest BCUT2D eigenvalue weighted by molar-refractivity contribution is 5.72. The summed E-state index contributed by atoms with van der Waals surface area (Å²) in [6.45, 7) is 4.76. The van der Waals surface area contributed by atoms with Crippen LogP contribution in [0.25, 0.3) is 0 Å². The van der Waals surface area contributed by atoms with Crippen LogP contribution in [0.4, 0.5) is 0 Å². The zero-order chi connectivity index (χ0) is 44.2. The van der Waals surface area contributed by atoms with Crippen LogP contribution >= 0.6 is 0 Å². The van der Waals surface area contributed by atoms with Gasteiger partial charge in [0, 0.05) is 19.3 Å². The van der Waals surface area contributed by atoms with Crippen LogP contribution in [0.15, 0.2) is 12.2 Å². The molecule has 0 aliphatic rings. The van der Waals surface area contributed by atoms with Crippen molar-refractivity contribution in [2.24, 2.45) is 0 Å². The molecule has 0 heterocycles. The molecule has 0 aliphatic carbocycles. The molecule has 1 N–H and O–H groups in total. The Balaban J connectivity index is 4.18. The lowest BCUT2D eigenvalue weighted by Crippen LogP contribution is -2.50. The number of carbonyl (C=O) groups is 3. The number of nitrogens with zero attached hydrogens (tertiary/aromatic N) is 1. The van der Waals surface area contributed by atoms with Gasteiger partial charge >= 0.3 is 17.9 Å². The van der Waals surface area contributed by atoms with E-state index in [4.69, 9.17) is 14.2 Å². The van der Waals surface area contributed by atoms with Gasteiger partial charge in [0.1, 0.15) is 6.61 Å². The van der Waals surface area contributed by atoms with Crippen LogP contribution in [0.2, 0.25) is 0 Å². The molecular weight excluding hydrogens is 751 g/mol. The zero-order valence-electron chi connectivity index (χ0n) is 40.4. The summed E-state index contributed by atoms with van der Waals surface area (Å²) in [5, 5.41) is 9.64. The fraction of sp³-hybridized carbons (Fsp3) is 0.904. The van der Waals surface area contributed by atoms with Crippen molar-refractivity contribution in [3.8, 4) is 0 Å². The molecule has 0 radical (unpaired) electrons. The minimum absolute atomic E-state index is 0.0526. The minimum Gasteiger partial charge on any atom is -0.477 e. The first-order chi connectivity index (χ1) is 29.1. The summed E-state index contributed by atoms with van der Waals surface area (Å²) in [4.78, 5) is 37.1. The number of quaternary nitrogens is 1. The number of aliphatic carboxylic acids is 1. The molecule has 0 bridgehead atoms. The number of rotatable bonds is 47. The van der Waals surface area contributed by atoms with Gasteiger partial charge < -0.3 is 23.8 Å². The first-order valence-corrected chi connectivity index (χ1v) is 25.7. The highest BCUT2D eigenvalue weighted by Crippen LogP contribution is 2.17. The number of unbranched alkanes of at least 4 members (excludes halogenated alkanes) is 31. The Hall–Kier alpha value is -1.93. The molecule has 0 fully saturated rings. The fourth-order valence-electron chi connectivity index (χ4n) is 7.91. The van der Waals surface area contributed by atoms with E-state index in [1.807, 2.05) is 21.1 Å². The molecule has 354 valence electrons. The normalized spacial score (nSPS) is 12.9. The van der Waals surface area contributed by atoms with Crippen molar-refractivity contribution < 1.29 is 38.2 Å². The molecule has 0 rings (SSSR count). The Kier molecular flexibility index (Phi) is 42.3. The van der Waals surface area contributed by atoms with Gasteiger partial charge in [-0.05, 0) is 38.5 Å². The first-order valence-electron chi connectivity index (χ1n) is 25.7. The number of esters is 2. The summed E-state index contributed by atoms with van der Waals surface area (Å²) >= 11 is 0. The quantitative estimate of drug-likeness (QED) is 0.0282. The van der Waals surface area contributed by atoms with Crippen LogP contribution in [0.1, 0.15) is 251 Å². The summed E-state index contributed by atoms with van der Waals surface area (Å²) in [6.07, 6.45) is 48.4. The Morgan fingerprint density at radius 2 is 0.833 bits per heavy atom. The van der Waals surface area contributed by atoms with Crippen molar-refractivity contribution in [3.05, 3.63) is 12.2 Å². The van der Waals surface area contributed by atoms with Crippen molar-refractivity contribution in [2.45, 2.75) is 264 Å². The molecule has 2 atom stereocenters. The van der Waals surface area contributed by atoms with E-state index in [0.29, 0.717) is 19.3 Å². The first kappa shape index (κ1) is 58.1. The van der Waals surface area contributed by atoms with E-state index in [1.165, 1.54) is 167 Å². The van der Waals surface area contributed by atoms with Crippen LogP contribution in [0, 0.1) is 0 Å². The van der Waals surface area contributed by atoms with E-state index in [1.54, 1.807) is 0 Å². The Morgan fingerprint density at radius 1 is 0.483 bits per heavy atom. The highest BCUT2D eigenvalue weighted by Gasteiger charge is 2.31. The number of carboxylic acids is 1. The van der Waals surface area contributed by atoms with Gasteiger partial charge in [0.25, 0.3) is 0 Å². The molecule has 0 saturated heterocycles. The molecule has 0 spiro atoms. The number of allylic oxidation sites excluding steroid dienone is 2. The molecule has 60 heavy (non-hydrogen) atoms. The second-order valence-corrected chi connectivity index (χ2v) is 18.8.